The standard InChI is InChI=1S/C17H17N3O2S2/c21-24(22,20-10-9-13-5-1-2-6-14(13)12-20)18-11-17-19-15-7-3-4-8-16(15)23-17/h1-8,18H,9-12H2. The normalized spacial score (nSPS) is 15.5. The van der Waals surface area contributed by atoms with Crippen molar-refractivity contribution in [3.8, 4) is 0 Å². The zero-order valence-corrected chi connectivity index (χ0v) is 14.6. The minimum atomic E-state index is -3.51. The summed E-state index contributed by atoms with van der Waals surface area (Å²) in [6.07, 6.45) is 0.748. The Kier molecular flexibility index (Phi) is 4.09. The Balaban J connectivity index is 1.47. The lowest BCUT2D eigenvalue weighted by molar-refractivity contribution is 0.384. The van der Waals surface area contributed by atoms with Crippen molar-refractivity contribution in [2.75, 3.05) is 6.54 Å². The maximum Gasteiger partial charge on any atom is 0.280 e. The number of benzene rings is 2. The van der Waals surface area contributed by atoms with Gasteiger partial charge in [-0.3, -0.25) is 0 Å². The quantitative estimate of drug-likeness (QED) is 0.779. The molecule has 3 aromatic rings. The SMILES string of the molecule is O=S(=O)(NCc1nc2ccccc2s1)N1CCc2ccccc2C1. The minimum absolute atomic E-state index is 0.222. The Morgan fingerprint density at radius 3 is 2.67 bits per heavy atom. The maximum absolute atomic E-state index is 12.6. The van der Waals surface area contributed by atoms with Crippen LogP contribution in [0.3, 0.4) is 0 Å². The summed E-state index contributed by atoms with van der Waals surface area (Å²) in [5, 5.41) is 0.775. The summed E-state index contributed by atoms with van der Waals surface area (Å²) in [6, 6.07) is 15.8. The number of nitrogens with zero attached hydrogens (tertiary/aromatic N) is 2. The molecule has 0 unspecified atom stereocenters. The number of hydrogen-bond donors (Lipinski definition) is 1. The van der Waals surface area contributed by atoms with Gasteiger partial charge in [0.15, 0.2) is 0 Å². The highest BCUT2D eigenvalue weighted by Crippen LogP contribution is 2.23. The van der Waals surface area contributed by atoms with E-state index in [0.29, 0.717) is 13.1 Å². The molecular weight excluding hydrogens is 342 g/mol. The summed E-state index contributed by atoms with van der Waals surface area (Å²) in [6.45, 7) is 1.15. The van der Waals surface area contributed by atoms with E-state index in [9.17, 15) is 8.42 Å². The van der Waals surface area contributed by atoms with Crippen LogP contribution in [0.25, 0.3) is 10.2 Å². The number of aromatic nitrogens is 1. The van der Waals surface area contributed by atoms with Crippen LogP contribution in [0.4, 0.5) is 0 Å². The van der Waals surface area contributed by atoms with Gasteiger partial charge in [0.1, 0.15) is 5.01 Å². The number of rotatable bonds is 4. The van der Waals surface area contributed by atoms with Crippen LogP contribution in [0.15, 0.2) is 48.5 Å². The first-order valence-electron chi connectivity index (χ1n) is 7.78. The lowest BCUT2D eigenvalue weighted by atomic mass is 10.0. The summed E-state index contributed by atoms with van der Waals surface area (Å²) < 4.78 is 30.4. The zero-order valence-electron chi connectivity index (χ0n) is 13.0. The van der Waals surface area contributed by atoms with Gasteiger partial charge in [0.05, 0.1) is 16.8 Å². The second-order valence-electron chi connectivity index (χ2n) is 5.75. The molecule has 24 heavy (non-hydrogen) atoms. The van der Waals surface area contributed by atoms with Crippen molar-refractivity contribution < 1.29 is 8.42 Å². The van der Waals surface area contributed by atoms with E-state index >= 15 is 0 Å². The Morgan fingerprint density at radius 1 is 1.08 bits per heavy atom. The summed E-state index contributed by atoms with van der Waals surface area (Å²) in [5.74, 6) is 0. The average molecular weight is 359 g/mol. The molecule has 2 heterocycles. The van der Waals surface area contributed by atoms with Gasteiger partial charge in [0.25, 0.3) is 10.2 Å². The van der Waals surface area contributed by atoms with Gasteiger partial charge in [-0.1, -0.05) is 36.4 Å². The molecule has 5 nitrogen and oxygen atoms in total. The number of thiazole rings is 1. The molecule has 0 saturated carbocycles. The fourth-order valence-electron chi connectivity index (χ4n) is 2.91. The Labute approximate surface area is 145 Å². The van der Waals surface area contributed by atoms with E-state index in [1.54, 1.807) is 0 Å². The third-order valence-electron chi connectivity index (χ3n) is 4.18. The topological polar surface area (TPSA) is 62.3 Å². The molecule has 0 saturated heterocycles. The highest BCUT2D eigenvalue weighted by atomic mass is 32.2. The molecular formula is C17H17N3O2S2. The molecule has 0 bridgehead atoms. The molecule has 2 aromatic carbocycles. The van der Waals surface area contributed by atoms with Crippen molar-refractivity contribution >= 4 is 31.8 Å². The molecule has 0 radical (unpaired) electrons. The van der Waals surface area contributed by atoms with Gasteiger partial charge in [0.2, 0.25) is 0 Å². The number of hydrogen-bond acceptors (Lipinski definition) is 4. The Hall–Kier alpha value is -1.80. The van der Waals surface area contributed by atoms with Crippen LogP contribution in [0, 0.1) is 0 Å². The van der Waals surface area contributed by atoms with Crippen LogP contribution < -0.4 is 4.72 Å². The largest absolute Gasteiger partial charge is 0.280 e. The predicted molar refractivity (Wildman–Crippen MR) is 95.9 cm³/mol. The molecule has 0 spiro atoms. The fraction of sp³-hybridized carbons (Fsp3) is 0.235. The molecule has 1 aliphatic heterocycles. The van der Waals surface area contributed by atoms with Gasteiger partial charge in [0, 0.05) is 13.1 Å². The summed E-state index contributed by atoms with van der Waals surface area (Å²) in [4.78, 5) is 4.47. The van der Waals surface area contributed by atoms with E-state index < -0.39 is 10.2 Å². The van der Waals surface area contributed by atoms with Crippen molar-refractivity contribution in [1.29, 1.82) is 0 Å². The van der Waals surface area contributed by atoms with Crippen molar-refractivity contribution in [2.24, 2.45) is 0 Å². The number of nitrogens with one attached hydrogen (secondary N) is 1. The highest BCUT2D eigenvalue weighted by Gasteiger charge is 2.26. The first kappa shape index (κ1) is 15.7. The second-order valence-corrected chi connectivity index (χ2v) is 8.62. The Morgan fingerprint density at radius 2 is 1.83 bits per heavy atom. The van der Waals surface area contributed by atoms with Crippen LogP contribution >= 0.6 is 11.3 Å². The molecule has 7 heteroatoms. The lowest BCUT2D eigenvalue weighted by Crippen LogP contribution is -2.43. The Bertz CT molecular complexity index is 949. The first-order chi connectivity index (χ1) is 11.6. The molecule has 0 aliphatic carbocycles. The van der Waals surface area contributed by atoms with Crippen molar-refractivity contribution in [3.05, 3.63) is 64.7 Å². The van der Waals surface area contributed by atoms with Crippen LogP contribution in [0.5, 0.6) is 0 Å². The lowest BCUT2D eigenvalue weighted by Gasteiger charge is -2.27. The van der Waals surface area contributed by atoms with E-state index in [1.165, 1.54) is 21.2 Å². The first-order valence-corrected chi connectivity index (χ1v) is 10.0. The van der Waals surface area contributed by atoms with Crippen molar-refractivity contribution in [3.63, 3.8) is 0 Å². The van der Waals surface area contributed by atoms with E-state index in [0.717, 1.165) is 27.2 Å². The smallest absolute Gasteiger partial charge is 0.240 e. The number of para-hydroxylation sites is 1. The van der Waals surface area contributed by atoms with Crippen molar-refractivity contribution in [2.45, 2.75) is 19.5 Å². The van der Waals surface area contributed by atoms with Gasteiger partial charge in [-0.05, 0) is 29.7 Å². The second kappa shape index (κ2) is 6.25. The molecule has 0 fully saturated rings. The molecule has 124 valence electrons. The summed E-state index contributed by atoms with van der Waals surface area (Å²) in [7, 11) is -3.51. The number of fused-ring (bicyclic) bond motifs is 2. The highest BCUT2D eigenvalue weighted by molar-refractivity contribution is 7.87. The minimum Gasteiger partial charge on any atom is -0.240 e. The van der Waals surface area contributed by atoms with Gasteiger partial charge in [-0.2, -0.15) is 17.4 Å². The maximum atomic E-state index is 12.6. The van der Waals surface area contributed by atoms with Gasteiger partial charge >= 0.3 is 0 Å². The molecule has 0 atom stereocenters. The van der Waals surface area contributed by atoms with Crippen LogP contribution in [0.2, 0.25) is 0 Å². The van der Waals surface area contributed by atoms with Crippen LogP contribution in [0.1, 0.15) is 16.1 Å². The van der Waals surface area contributed by atoms with Gasteiger partial charge < -0.3 is 0 Å². The summed E-state index contributed by atoms with van der Waals surface area (Å²) in [5.41, 5.74) is 3.22. The molecule has 0 amide bonds. The third-order valence-corrected chi connectivity index (χ3v) is 6.72. The van der Waals surface area contributed by atoms with Crippen molar-refractivity contribution in [1.82, 2.24) is 14.0 Å². The van der Waals surface area contributed by atoms with E-state index in [4.69, 9.17) is 0 Å². The monoisotopic (exact) mass is 359 g/mol. The van der Waals surface area contributed by atoms with E-state index in [-0.39, 0.29) is 6.54 Å². The molecule has 1 aromatic heterocycles. The van der Waals surface area contributed by atoms with Crippen LogP contribution in [-0.2, 0) is 29.7 Å². The summed E-state index contributed by atoms with van der Waals surface area (Å²) >= 11 is 1.52. The molecule has 4 rings (SSSR count). The van der Waals surface area contributed by atoms with E-state index in [2.05, 4.69) is 15.8 Å². The third kappa shape index (κ3) is 3.08. The molecule has 1 aliphatic rings. The fourth-order valence-corrected chi connectivity index (χ4v) is 5.06. The average Bonchev–Trinajstić information content (AvgIpc) is 3.03. The van der Waals surface area contributed by atoms with Crippen LogP contribution in [-0.4, -0.2) is 24.3 Å². The van der Waals surface area contributed by atoms with Gasteiger partial charge in [-0.25, -0.2) is 4.98 Å². The zero-order chi connectivity index (χ0) is 16.6. The molecule has 1 N–H and O–H groups in total. The predicted octanol–water partition coefficient (Wildman–Crippen LogP) is 2.69. The van der Waals surface area contributed by atoms with E-state index in [1.807, 2.05) is 42.5 Å². The van der Waals surface area contributed by atoms with Gasteiger partial charge in [-0.15, -0.1) is 11.3 Å².